The van der Waals surface area contributed by atoms with E-state index in [-0.39, 0.29) is 53.5 Å². The molecule has 1 amide bonds. The third kappa shape index (κ3) is 6.56. The summed E-state index contributed by atoms with van der Waals surface area (Å²) < 4.78 is 33.9. The standard InChI is InChI=1S/C16H22N2O6S.ClH/c1-3-24-16(20)11-6-12(8-14(7-11)25(2,21)22)18-15(19)9-13-10-23-5-4-17-13;/h6-8,13,17H,3-5,9-10H2,1-2H3,(H,18,19);1H. The molecule has 2 N–H and O–H groups in total. The van der Waals surface area contributed by atoms with Crippen molar-refractivity contribution in [2.75, 3.05) is 37.9 Å². The summed E-state index contributed by atoms with van der Waals surface area (Å²) in [7, 11) is -3.55. The first-order chi connectivity index (χ1) is 11.8. The number of carbonyl (C=O) groups is 2. The Bertz CT molecular complexity index is 747. The zero-order chi connectivity index (χ0) is 18.4. The van der Waals surface area contributed by atoms with E-state index in [4.69, 9.17) is 9.47 Å². The third-order valence-electron chi connectivity index (χ3n) is 3.56. The molecule has 146 valence electrons. The number of amides is 1. The number of esters is 1. The molecule has 1 aromatic rings. The number of nitrogens with one attached hydrogen (secondary N) is 2. The minimum atomic E-state index is -3.55. The minimum absolute atomic E-state index is 0. The molecule has 0 saturated carbocycles. The van der Waals surface area contributed by atoms with Gasteiger partial charge in [-0.25, -0.2) is 13.2 Å². The maximum atomic E-state index is 12.2. The van der Waals surface area contributed by atoms with Crippen LogP contribution in [0, 0.1) is 0 Å². The van der Waals surface area contributed by atoms with E-state index in [1.165, 1.54) is 18.2 Å². The summed E-state index contributed by atoms with van der Waals surface area (Å²) >= 11 is 0. The monoisotopic (exact) mass is 406 g/mol. The van der Waals surface area contributed by atoms with Crippen LogP contribution in [0.5, 0.6) is 0 Å². The second-order valence-electron chi connectivity index (χ2n) is 5.72. The first-order valence-corrected chi connectivity index (χ1v) is 9.82. The fourth-order valence-electron chi connectivity index (χ4n) is 2.40. The number of sulfone groups is 1. The molecule has 2 rings (SSSR count). The van der Waals surface area contributed by atoms with Gasteiger partial charge in [-0.3, -0.25) is 4.79 Å². The topological polar surface area (TPSA) is 111 Å². The van der Waals surface area contributed by atoms with Crippen molar-refractivity contribution in [2.45, 2.75) is 24.3 Å². The van der Waals surface area contributed by atoms with Crippen LogP contribution in [-0.4, -0.2) is 59.0 Å². The molecular formula is C16H23ClN2O6S. The van der Waals surface area contributed by atoms with E-state index >= 15 is 0 Å². The number of hydrogen-bond acceptors (Lipinski definition) is 7. The van der Waals surface area contributed by atoms with Crippen LogP contribution in [0.4, 0.5) is 5.69 Å². The molecule has 0 radical (unpaired) electrons. The van der Waals surface area contributed by atoms with Crippen LogP contribution < -0.4 is 10.6 Å². The van der Waals surface area contributed by atoms with Crippen molar-refractivity contribution < 1.29 is 27.5 Å². The van der Waals surface area contributed by atoms with Gasteiger partial charge in [-0.2, -0.15) is 0 Å². The average molecular weight is 407 g/mol. The van der Waals surface area contributed by atoms with Crippen molar-refractivity contribution in [1.29, 1.82) is 0 Å². The second kappa shape index (κ2) is 9.86. The molecule has 0 aromatic heterocycles. The second-order valence-corrected chi connectivity index (χ2v) is 7.73. The quantitative estimate of drug-likeness (QED) is 0.678. The molecule has 0 aliphatic carbocycles. The van der Waals surface area contributed by atoms with Crippen LogP contribution in [0.15, 0.2) is 23.1 Å². The van der Waals surface area contributed by atoms with E-state index in [9.17, 15) is 18.0 Å². The normalized spacial score (nSPS) is 17.1. The summed E-state index contributed by atoms with van der Waals surface area (Å²) in [6.07, 6.45) is 1.21. The van der Waals surface area contributed by atoms with Crippen LogP contribution in [-0.2, 0) is 24.1 Å². The predicted molar refractivity (Wildman–Crippen MR) is 98.6 cm³/mol. The van der Waals surface area contributed by atoms with Crippen molar-refractivity contribution in [1.82, 2.24) is 5.32 Å². The lowest BCUT2D eigenvalue weighted by atomic mass is 10.1. The molecule has 8 nitrogen and oxygen atoms in total. The highest BCUT2D eigenvalue weighted by atomic mass is 35.5. The van der Waals surface area contributed by atoms with E-state index in [1.54, 1.807) is 6.92 Å². The Morgan fingerprint density at radius 1 is 1.35 bits per heavy atom. The van der Waals surface area contributed by atoms with Crippen molar-refractivity contribution in [3.8, 4) is 0 Å². The zero-order valence-corrected chi connectivity index (χ0v) is 16.2. The molecule has 1 aliphatic heterocycles. The fraction of sp³-hybridized carbons (Fsp3) is 0.500. The minimum Gasteiger partial charge on any atom is -0.462 e. The SMILES string of the molecule is CCOC(=O)c1cc(NC(=O)CC2COCCN2)cc(S(C)(=O)=O)c1.Cl. The van der Waals surface area contributed by atoms with Gasteiger partial charge in [-0.15, -0.1) is 12.4 Å². The molecule has 1 fully saturated rings. The summed E-state index contributed by atoms with van der Waals surface area (Å²) in [6, 6.07) is 3.85. The van der Waals surface area contributed by atoms with Crippen molar-refractivity contribution in [2.24, 2.45) is 0 Å². The zero-order valence-electron chi connectivity index (χ0n) is 14.6. The Labute approximate surface area is 159 Å². The number of ether oxygens (including phenoxy) is 2. The molecular weight excluding hydrogens is 384 g/mol. The van der Waals surface area contributed by atoms with Gasteiger partial charge in [0.2, 0.25) is 5.91 Å². The molecule has 0 bridgehead atoms. The number of rotatable bonds is 6. The highest BCUT2D eigenvalue weighted by Crippen LogP contribution is 2.20. The van der Waals surface area contributed by atoms with Gasteiger partial charge in [0, 0.05) is 31.0 Å². The highest BCUT2D eigenvalue weighted by molar-refractivity contribution is 7.90. The molecule has 0 spiro atoms. The van der Waals surface area contributed by atoms with E-state index in [0.29, 0.717) is 19.8 Å². The van der Waals surface area contributed by atoms with Crippen LogP contribution in [0.25, 0.3) is 0 Å². The van der Waals surface area contributed by atoms with E-state index in [2.05, 4.69) is 10.6 Å². The Morgan fingerprint density at radius 3 is 2.65 bits per heavy atom. The summed E-state index contributed by atoms with van der Waals surface area (Å²) in [5.74, 6) is -0.950. The van der Waals surface area contributed by atoms with Gasteiger partial charge in [0.25, 0.3) is 0 Å². The van der Waals surface area contributed by atoms with E-state index in [0.717, 1.165) is 6.26 Å². The van der Waals surface area contributed by atoms with Crippen molar-refractivity contribution in [3.63, 3.8) is 0 Å². The lowest BCUT2D eigenvalue weighted by Crippen LogP contribution is -2.43. The number of benzene rings is 1. The Morgan fingerprint density at radius 2 is 2.08 bits per heavy atom. The van der Waals surface area contributed by atoms with Crippen molar-refractivity contribution >= 4 is 39.8 Å². The predicted octanol–water partition coefficient (Wildman–Crippen LogP) is 1.01. The first kappa shape index (κ1) is 22.4. The van der Waals surface area contributed by atoms with Gasteiger partial charge in [0.05, 0.1) is 30.3 Å². The third-order valence-corrected chi connectivity index (χ3v) is 4.65. The molecule has 1 heterocycles. The fourth-order valence-corrected chi connectivity index (χ4v) is 3.09. The van der Waals surface area contributed by atoms with E-state index in [1.807, 2.05) is 0 Å². The lowest BCUT2D eigenvalue weighted by Gasteiger charge is -2.23. The van der Waals surface area contributed by atoms with Gasteiger partial charge >= 0.3 is 5.97 Å². The van der Waals surface area contributed by atoms with Crippen LogP contribution in [0.1, 0.15) is 23.7 Å². The summed E-state index contributed by atoms with van der Waals surface area (Å²) in [5, 5.41) is 5.79. The van der Waals surface area contributed by atoms with Crippen LogP contribution >= 0.6 is 12.4 Å². The van der Waals surface area contributed by atoms with Gasteiger partial charge < -0.3 is 20.1 Å². The molecule has 26 heavy (non-hydrogen) atoms. The molecule has 1 unspecified atom stereocenters. The van der Waals surface area contributed by atoms with Crippen molar-refractivity contribution in [3.05, 3.63) is 23.8 Å². The van der Waals surface area contributed by atoms with Gasteiger partial charge in [-0.05, 0) is 25.1 Å². The summed E-state index contributed by atoms with van der Waals surface area (Å²) in [6.45, 7) is 3.54. The van der Waals surface area contributed by atoms with Gasteiger partial charge in [-0.1, -0.05) is 0 Å². The Kier molecular flexibility index (Phi) is 8.48. The molecule has 1 atom stereocenters. The summed E-state index contributed by atoms with van der Waals surface area (Å²) in [4.78, 5) is 24.0. The first-order valence-electron chi connectivity index (χ1n) is 7.93. The molecule has 1 aromatic carbocycles. The smallest absolute Gasteiger partial charge is 0.338 e. The van der Waals surface area contributed by atoms with Gasteiger partial charge in [0.15, 0.2) is 9.84 Å². The molecule has 1 aliphatic rings. The van der Waals surface area contributed by atoms with Crippen LogP contribution in [0.3, 0.4) is 0 Å². The summed E-state index contributed by atoms with van der Waals surface area (Å²) in [5.41, 5.74) is 0.298. The number of halogens is 1. The molecule has 1 saturated heterocycles. The molecule has 10 heteroatoms. The maximum Gasteiger partial charge on any atom is 0.338 e. The highest BCUT2D eigenvalue weighted by Gasteiger charge is 2.19. The Hall–Kier alpha value is -1.68. The van der Waals surface area contributed by atoms with E-state index < -0.39 is 15.8 Å². The Balaban J connectivity index is 0.00000338. The number of morpholine rings is 1. The number of hydrogen-bond donors (Lipinski definition) is 2. The average Bonchev–Trinajstić information content (AvgIpc) is 2.54. The van der Waals surface area contributed by atoms with Gasteiger partial charge in [0.1, 0.15) is 0 Å². The van der Waals surface area contributed by atoms with Crippen LogP contribution in [0.2, 0.25) is 0 Å². The lowest BCUT2D eigenvalue weighted by molar-refractivity contribution is -0.117. The maximum absolute atomic E-state index is 12.2. The largest absolute Gasteiger partial charge is 0.462 e. The number of carbonyl (C=O) groups excluding carboxylic acids is 2. The number of anilines is 1.